The van der Waals surface area contributed by atoms with E-state index in [1.54, 1.807) is 0 Å². The normalized spacial score (nSPS) is 14.0. The van der Waals surface area contributed by atoms with E-state index in [1.807, 2.05) is 0 Å². The van der Waals surface area contributed by atoms with Crippen molar-refractivity contribution in [1.82, 2.24) is 4.98 Å². The van der Waals surface area contributed by atoms with Crippen LogP contribution in [0.4, 0.5) is 13.2 Å². The fourth-order valence-electron chi connectivity index (χ4n) is 1.07. The van der Waals surface area contributed by atoms with Crippen molar-refractivity contribution < 1.29 is 18.3 Å². The van der Waals surface area contributed by atoms with Gasteiger partial charge in [-0.15, -0.1) is 0 Å². The van der Waals surface area contributed by atoms with Crippen molar-refractivity contribution in [3.8, 4) is 5.75 Å². The number of nitrogens with two attached hydrogens (primary N) is 1. The van der Waals surface area contributed by atoms with E-state index in [-0.39, 0.29) is 11.3 Å². The van der Waals surface area contributed by atoms with Crippen molar-refractivity contribution in [3.05, 3.63) is 24.0 Å². The van der Waals surface area contributed by atoms with Gasteiger partial charge in [0.1, 0.15) is 5.75 Å². The van der Waals surface area contributed by atoms with Gasteiger partial charge >= 0.3 is 6.18 Å². The van der Waals surface area contributed by atoms with Crippen LogP contribution in [0, 0.1) is 0 Å². The maximum absolute atomic E-state index is 11.9. The zero-order chi connectivity index (χ0) is 10.8. The summed E-state index contributed by atoms with van der Waals surface area (Å²) in [4.78, 5) is 3.54. The molecule has 1 rings (SSSR count). The highest BCUT2D eigenvalue weighted by molar-refractivity contribution is 5.31. The number of nitrogens with zero attached hydrogens (tertiary/aromatic N) is 1. The molecule has 1 aromatic rings. The van der Waals surface area contributed by atoms with Crippen molar-refractivity contribution in [2.45, 2.75) is 18.6 Å². The van der Waals surface area contributed by atoms with Gasteiger partial charge in [0.05, 0.1) is 12.6 Å². The molecule has 1 heterocycles. The Morgan fingerprint density at radius 1 is 1.50 bits per heavy atom. The van der Waals surface area contributed by atoms with E-state index in [2.05, 4.69) is 4.98 Å². The molecule has 1 unspecified atom stereocenters. The fraction of sp³-hybridized carbons (Fsp3) is 0.375. The average molecular weight is 206 g/mol. The van der Waals surface area contributed by atoms with Crippen LogP contribution >= 0.6 is 0 Å². The predicted molar refractivity (Wildman–Crippen MR) is 43.5 cm³/mol. The quantitative estimate of drug-likeness (QED) is 0.774. The van der Waals surface area contributed by atoms with E-state index in [4.69, 9.17) is 10.8 Å². The second kappa shape index (κ2) is 3.83. The third-order valence-corrected chi connectivity index (χ3v) is 1.68. The van der Waals surface area contributed by atoms with E-state index in [1.165, 1.54) is 12.3 Å². The van der Waals surface area contributed by atoms with Crippen molar-refractivity contribution in [2.24, 2.45) is 5.73 Å². The van der Waals surface area contributed by atoms with Crippen LogP contribution in [0.1, 0.15) is 18.0 Å². The van der Waals surface area contributed by atoms with Crippen molar-refractivity contribution >= 4 is 0 Å². The second-order valence-electron chi connectivity index (χ2n) is 2.86. The van der Waals surface area contributed by atoms with E-state index in [9.17, 15) is 13.2 Å². The zero-order valence-electron chi connectivity index (χ0n) is 7.12. The first-order chi connectivity index (χ1) is 6.40. The largest absolute Gasteiger partial charge is 0.506 e. The Kier molecular flexibility index (Phi) is 2.95. The van der Waals surface area contributed by atoms with Gasteiger partial charge < -0.3 is 10.8 Å². The molecular weight excluding hydrogens is 197 g/mol. The lowest BCUT2D eigenvalue weighted by atomic mass is 10.1. The summed E-state index contributed by atoms with van der Waals surface area (Å²) in [6.45, 7) is 0. The van der Waals surface area contributed by atoms with Crippen LogP contribution < -0.4 is 5.73 Å². The van der Waals surface area contributed by atoms with Gasteiger partial charge in [-0.25, -0.2) is 0 Å². The van der Waals surface area contributed by atoms with E-state index >= 15 is 0 Å². The topological polar surface area (TPSA) is 59.1 Å². The molecular formula is C8H9F3N2O. The van der Waals surface area contributed by atoms with Crippen LogP contribution in [-0.2, 0) is 0 Å². The van der Waals surface area contributed by atoms with Gasteiger partial charge in [-0.1, -0.05) is 0 Å². The van der Waals surface area contributed by atoms with Gasteiger partial charge in [-0.05, 0) is 6.07 Å². The minimum absolute atomic E-state index is 0.0531. The number of hydrogen-bond acceptors (Lipinski definition) is 3. The van der Waals surface area contributed by atoms with E-state index in [0.29, 0.717) is 0 Å². The van der Waals surface area contributed by atoms with E-state index in [0.717, 1.165) is 6.20 Å². The maximum Gasteiger partial charge on any atom is 0.390 e. The van der Waals surface area contributed by atoms with Gasteiger partial charge in [0, 0.05) is 17.8 Å². The molecule has 78 valence electrons. The van der Waals surface area contributed by atoms with Crippen molar-refractivity contribution in [1.29, 1.82) is 0 Å². The molecule has 1 atom stereocenters. The number of pyridine rings is 1. The molecule has 3 N–H and O–H groups in total. The maximum atomic E-state index is 11.9. The summed E-state index contributed by atoms with van der Waals surface area (Å²) in [6.07, 6.45) is -3.16. The summed E-state index contributed by atoms with van der Waals surface area (Å²) in [5.41, 5.74) is 5.33. The number of aromatic hydroxyl groups is 1. The summed E-state index contributed by atoms with van der Waals surface area (Å²) < 4.78 is 35.8. The third kappa shape index (κ3) is 2.88. The monoisotopic (exact) mass is 206 g/mol. The molecule has 6 heteroatoms. The smallest absolute Gasteiger partial charge is 0.390 e. The standard InChI is InChI=1S/C8H9F3N2O/c9-8(10,11)3-6(12)5-1-2-13-4-7(5)14/h1-2,4,6,14H,3,12H2. The fourth-order valence-corrected chi connectivity index (χ4v) is 1.07. The van der Waals surface area contributed by atoms with Crippen molar-refractivity contribution in [2.75, 3.05) is 0 Å². The predicted octanol–water partition coefficient (Wildman–Crippen LogP) is 1.74. The Morgan fingerprint density at radius 2 is 2.14 bits per heavy atom. The highest BCUT2D eigenvalue weighted by Crippen LogP contribution is 2.31. The lowest BCUT2D eigenvalue weighted by molar-refractivity contribution is -0.138. The van der Waals surface area contributed by atoms with E-state index < -0.39 is 18.6 Å². The first kappa shape index (κ1) is 10.8. The van der Waals surface area contributed by atoms with Gasteiger partial charge in [-0.3, -0.25) is 4.98 Å². The Balaban J connectivity index is 2.80. The number of aromatic nitrogens is 1. The molecule has 0 aromatic carbocycles. The van der Waals surface area contributed by atoms with Crippen LogP contribution in [0.3, 0.4) is 0 Å². The minimum atomic E-state index is -4.34. The average Bonchev–Trinajstić information content (AvgIpc) is 2.01. The lowest BCUT2D eigenvalue weighted by Crippen LogP contribution is -2.20. The Bertz CT molecular complexity index is 314. The minimum Gasteiger partial charge on any atom is -0.506 e. The van der Waals surface area contributed by atoms with Crippen molar-refractivity contribution in [3.63, 3.8) is 0 Å². The summed E-state index contributed by atoms with van der Waals surface area (Å²) in [7, 11) is 0. The second-order valence-corrected chi connectivity index (χ2v) is 2.86. The summed E-state index contributed by atoms with van der Waals surface area (Å²) >= 11 is 0. The molecule has 1 aromatic heterocycles. The molecule has 0 radical (unpaired) electrons. The van der Waals surface area contributed by atoms with Gasteiger partial charge in [-0.2, -0.15) is 13.2 Å². The lowest BCUT2D eigenvalue weighted by Gasteiger charge is -2.14. The number of alkyl halides is 3. The summed E-state index contributed by atoms with van der Waals surface area (Å²) in [5.74, 6) is -0.316. The summed E-state index contributed by atoms with van der Waals surface area (Å²) in [6, 6.07) is 0.0177. The molecule has 0 saturated heterocycles. The molecule has 0 aliphatic carbocycles. The number of rotatable bonds is 2. The molecule has 0 aliphatic rings. The third-order valence-electron chi connectivity index (χ3n) is 1.68. The first-order valence-electron chi connectivity index (χ1n) is 3.85. The highest BCUT2D eigenvalue weighted by Gasteiger charge is 2.31. The molecule has 0 bridgehead atoms. The highest BCUT2D eigenvalue weighted by atomic mass is 19.4. The first-order valence-corrected chi connectivity index (χ1v) is 3.85. The molecule has 0 spiro atoms. The van der Waals surface area contributed by atoms with Crippen LogP contribution in [0.25, 0.3) is 0 Å². The number of halogens is 3. The van der Waals surface area contributed by atoms with Crippen LogP contribution in [0.5, 0.6) is 5.75 Å². The molecule has 0 saturated carbocycles. The van der Waals surface area contributed by atoms with Crippen LogP contribution in [0.15, 0.2) is 18.5 Å². The van der Waals surface area contributed by atoms with Gasteiger partial charge in [0.15, 0.2) is 0 Å². The molecule has 14 heavy (non-hydrogen) atoms. The molecule has 0 aliphatic heterocycles. The SMILES string of the molecule is NC(CC(F)(F)F)c1ccncc1O. The number of hydrogen-bond donors (Lipinski definition) is 2. The van der Waals surface area contributed by atoms with Gasteiger partial charge in [0.2, 0.25) is 0 Å². The van der Waals surface area contributed by atoms with Crippen LogP contribution in [0.2, 0.25) is 0 Å². The van der Waals surface area contributed by atoms with Gasteiger partial charge in [0.25, 0.3) is 0 Å². The van der Waals surface area contributed by atoms with Crippen LogP contribution in [-0.4, -0.2) is 16.3 Å². The summed E-state index contributed by atoms with van der Waals surface area (Å²) in [5, 5.41) is 9.17. The molecule has 0 amide bonds. The molecule has 3 nitrogen and oxygen atoms in total. The zero-order valence-corrected chi connectivity index (χ0v) is 7.12. The molecule has 0 fully saturated rings. The Labute approximate surface area is 78.4 Å². The Morgan fingerprint density at radius 3 is 2.64 bits per heavy atom. The Hall–Kier alpha value is -1.30.